The fraction of sp³-hybridized carbons (Fsp3) is 0.0690. The van der Waals surface area contributed by atoms with Gasteiger partial charge in [-0.15, -0.1) is 0 Å². The van der Waals surface area contributed by atoms with Gasteiger partial charge in [-0.3, -0.25) is 4.74 Å². The highest BCUT2D eigenvalue weighted by Crippen LogP contribution is 2.51. The van der Waals surface area contributed by atoms with Crippen LogP contribution in [0.4, 0.5) is 5.69 Å². The van der Waals surface area contributed by atoms with Crippen molar-refractivity contribution >= 4 is 44.6 Å². The molecule has 0 unspecified atom stereocenters. The zero-order chi connectivity index (χ0) is 23.5. The maximum atomic E-state index is 5.60. The van der Waals surface area contributed by atoms with E-state index < -0.39 is 7.05 Å². The Labute approximate surface area is 209 Å². The Bertz CT molecular complexity index is 1460. The van der Waals surface area contributed by atoms with Gasteiger partial charge in [-0.05, 0) is 50.2 Å². The molecule has 5 rings (SSSR count). The first-order valence-electron chi connectivity index (χ1n) is 11.2. The fourth-order valence-corrected chi connectivity index (χ4v) is 8.61. The number of nitrogens with zero attached hydrogens (tertiary/aromatic N) is 3. The van der Waals surface area contributed by atoms with Crippen LogP contribution < -0.4 is 15.9 Å². The molecule has 1 atom stereocenters. The zero-order valence-electron chi connectivity index (χ0n) is 19.1. The lowest BCUT2D eigenvalue weighted by Gasteiger charge is -2.27. The van der Waals surface area contributed by atoms with Crippen LogP contribution in [0.5, 0.6) is 0 Å². The van der Waals surface area contributed by atoms with Gasteiger partial charge in [0.1, 0.15) is 0 Å². The Morgan fingerprint density at radius 2 is 1.21 bits per heavy atom. The molecule has 168 valence electrons. The largest absolute Gasteiger partial charge is 0.254 e. The summed E-state index contributed by atoms with van der Waals surface area (Å²) in [5.74, 6) is 0. The fourth-order valence-electron chi connectivity index (χ4n) is 4.46. The van der Waals surface area contributed by atoms with Crippen molar-refractivity contribution in [3.63, 3.8) is 0 Å². The van der Waals surface area contributed by atoms with Crippen LogP contribution >= 0.6 is 23.0 Å². The van der Waals surface area contributed by atoms with E-state index in [9.17, 15) is 0 Å². The summed E-state index contributed by atoms with van der Waals surface area (Å²) in [6.07, 6.45) is 0. The normalized spacial score (nSPS) is 12.8. The van der Waals surface area contributed by atoms with Crippen molar-refractivity contribution in [3.8, 4) is 5.69 Å². The number of aryl methyl sites for hydroxylation is 1. The van der Waals surface area contributed by atoms with Crippen molar-refractivity contribution in [2.75, 3.05) is 0 Å². The van der Waals surface area contributed by atoms with Gasteiger partial charge in [0.25, 0.3) is 0 Å². The average Bonchev–Trinajstić information content (AvgIpc) is 3.19. The molecule has 34 heavy (non-hydrogen) atoms. The summed E-state index contributed by atoms with van der Waals surface area (Å²) in [6.45, 7) is 4.28. The van der Waals surface area contributed by atoms with E-state index in [1.54, 1.807) is 0 Å². The van der Waals surface area contributed by atoms with Crippen molar-refractivity contribution < 1.29 is 0 Å². The van der Waals surface area contributed by atoms with Crippen LogP contribution in [0.3, 0.4) is 0 Å². The first kappa shape index (κ1) is 22.6. The lowest BCUT2D eigenvalue weighted by molar-refractivity contribution is 0.834. The molecule has 3 nitrogen and oxygen atoms in total. The van der Waals surface area contributed by atoms with Crippen LogP contribution in [0.2, 0.25) is 0 Å². The highest BCUT2D eigenvalue weighted by atomic mass is 79.9. The minimum absolute atomic E-state index is 0.967. The van der Waals surface area contributed by atoms with Crippen LogP contribution in [0, 0.1) is 13.8 Å². The molecule has 1 heterocycles. The molecular formula is C29H25BrN3P. The molecule has 5 heteroatoms. The van der Waals surface area contributed by atoms with Gasteiger partial charge in [0.2, 0.25) is 0 Å². The number of halogens is 1. The molecule has 4 aromatic carbocycles. The molecular weight excluding hydrogens is 501 g/mol. The van der Waals surface area contributed by atoms with Crippen molar-refractivity contribution in [2.45, 2.75) is 13.8 Å². The van der Waals surface area contributed by atoms with Crippen LogP contribution in [-0.2, 0) is 0 Å². The van der Waals surface area contributed by atoms with E-state index in [-0.39, 0.29) is 0 Å². The molecule has 0 bridgehead atoms. The van der Waals surface area contributed by atoms with Crippen molar-refractivity contribution in [3.05, 3.63) is 131 Å². The van der Waals surface area contributed by atoms with E-state index >= 15 is 0 Å². The van der Waals surface area contributed by atoms with E-state index in [2.05, 4.69) is 113 Å². The Kier molecular flexibility index (Phi) is 6.36. The number of hydrogen-bond acceptors (Lipinski definition) is 2. The first-order valence-corrected chi connectivity index (χ1v) is 13.7. The summed E-state index contributed by atoms with van der Waals surface area (Å²) >= 11 is 3.62. The Hall–Kier alpha value is -3.20. The lowest BCUT2D eigenvalue weighted by atomic mass is 10.3. The van der Waals surface area contributed by atoms with Gasteiger partial charge in [-0.2, -0.15) is 5.10 Å². The summed E-state index contributed by atoms with van der Waals surface area (Å²) in [7, 11) is -2.45. The highest BCUT2D eigenvalue weighted by molar-refractivity contribution is 9.10. The average molecular weight is 526 g/mol. The molecule has 0 spiro atoms. The summed E-state index contributed by atoms with van der Waals surface area (Å²) < 4.78 is 8.71. The van der Waals surface area contributed by atoms with E-state index in [4.69, 9.17) is 9.84 Å². The topological polar surface area (TPSA) is 30.2 Å². The number of para-hydroxylation sites is 1. The van der Waals surface area contributed by atoms with Crippen LogP contribution in [-0.4, -0.2) is 9.78 Å². The molecule has 0 amide bonds. The number of aromatic nitrogens is 2. The van der Waals surface area contributed by atoms with Gasteiger partial charge in [0.15, 0.2) is 0 Å². The van der Waals surface area contributed by atoms with Gasteiger partial charge in [-0.25, -0.2) is 4.68 Å². The third-order valence-corrected chi connectivity index (χ3v) is 10.4. The molecule has 1 aromatic heterocycles. The Morgan fingerprint density at radius 3 is 1.82 bits per heavy atom. The Balaban J connectivity index is 1.93. The number of hydrogen-bond donors (Lipinski definition) is 0. The maximum absolute atomic E-state index is 5.60. The number of rotatable bonds is 5. The first-order chi connectivity index (χ1) is 16.6. The Morgan fingerprint density at radius 1 is 0.676 bits per heavy atom. The van der Waals surface area contributed by atoms with E-state index in [0.29, 0.717) is 0 Å². The molecule has 0 N–H and O–H groups in total. The van der Waals surface area contributed by atoms with Gasteiger partial charge >= 0.3 is 0 Å². The minimum atomic E-state index is -2.45. The zero-order valence-corrected chi connectivity index (χ0v) is 21.6. The van der Waals surface area contributed by atoms with E-state index in [1.165, 1.54) is 15.9 Å². The summed E-state index contributed by atoms with van der Waals surface area (Å²) in [6, 6.07) is 40.0. The van der Waals surface area contributed by atoms with Crippen LogP contribution in [0.25, 0.3) is 5.69 Å². The summed E-state index contributed by atoms with van der Waals surface area (Å²) in [5.41, 5.74) is 4.13. The molecule has 0 radical (unpaired) electrons. The maximum Gasteiger partial charge on any atom is 0.0698 e. The second kappa shape index (κ2) is 9.58. The molecule has 5 aromatic rings. The quantitative estimate of drug-likeness (QED) is 0.226. The predicted molar refractivity (Wildman–Crippen MR) is 148 cm³/mol. The van der Waals surface area contributed by atoms with Crippen molar-refractivity contribution in [1.82, 2.24) is 9.78 Å². The molecule has 0 aliphatic carbocycles. The van der Waals surface area contributed by atoms with E-state index in [0.717, 1.165) is 27.2 Å². The molecule has 0 aliphatic rings. The van der Waals surface area contributed by atoms with Crippen LogP contribution in [0.1, 0.15) is 11.4 Å². The third-order valence-electron chi connectivity index (χ3n) is 5.93. The second-order valence-electron chi connectivity index (χ2n) is 8.15. The van der Waals surface area contributed by atoms with E-state index in [1.807, 2.05) is 36.4 Å². The second-order valence-corrected chi connectivity index (χ2v) is 12.0. The smallest absolute Gasteiger partial charge is 0.0698 e. The summed E-state index contributed by atoms with van der Waals surface area (Å²) in [4.78, 5) is 0. The molecule has 0 fully saturated rings. The minimum Gasteiger partial charge on any atom is -0.254 e. The summed E-state index contributed by atoms with van der Waals surface area (Å²) in [5, 5.41) is 8.64. The number of benzene rings is 4. The van der Waals surface area contributed by atoms with Gasteiger partial charge < -0.3 is 0 Å². The molecule has 0 saturated carbocycles. The lowest BCUT2D eigenvalue weighted by Crippen LogP contribution is -2.28. The van der Waals surface area contributed by atoms with Crippen molar-refractivity contribution in [1.29, 1.82) is 0 Å². The van der Waals surface area contributed by atoms with Crippen molar-refractivity contribution in [2.24, 2.45) is 4.74 Å². The van der Waals surface area contributed by atoms with Gasteiger partial charge in [-0.1, -0.05) is 94.8 Å². The SMILES string of the molecule is Cc1nn(-c2ccccc2)c(C)c1[P@@](=Nc1ccccc1)(c1ccccc1)c1ccc(Br)cc1. The molecule has 0 aliphatic heterocycles. The third kappa shape index (κ3) is 4.09. The standard InChI is InChI=1S/C29H25BrN3P/c1-22-29(23(2)33(31-22)26-14-8-4-9-15-26)34(27-16-10-5-11-17-27,28-20-18-24(30)19-21-28)32-25-12-6-3-7-13-25/h3-21H,1-2H3/t34-/m1/s1. The van der Waals surface area contributed by atoms with Gasteiger partial charge in [0, 0.05) is 20.4 Å². The van der Waals surface area contributed by atoms with Gasteiger partial charge in [0.05, 0.1) is 29.8 Å². The predicted octanol–water partition coefficient (Wildman–Crippen LogP) is 7.06. The van der Waals surface area contributed by atoms with Crippen LogP contribution in [0.15, 0.2) is 124 Å². The highest BCUT2D eigenvalue weighted by Gasteiger charge is 2.33. The molecule has 0 saturated heterocycles. The monoisotopic (exact) mass is 525 g/mol.